The van der Waals surface area contributed by atoms with Gasteiger partial charge in [0.2, 0.25) is 0 Å². The van der Waals surface area contributed by atoms with Gasteiger partial charge in [0.05, 0.1) is 12.0 Å². The van der Waals surface area contributed by atoms with Crippen LogP contribution in [0.25, 0.3) is 0 Å². The smallest absolute Gasteiger partial charge is 0.257 e. The van der Waals surface area contributed by atoms with Crippen LogP contribution < -0.4 is 10.0 Å². The lowest BCUT2D eigenvalue weighted by Crippen LogP contribution is -2.30. The van der Waals surface area contributed by atoms with Gasteiger partial charge in [0.15, 0.2) is 12.4 Å². The molecule has 2 aromatic heterocycles. The Labute approximate surface area is 115 Å². The van der Waals surface area contributed by atoms with Crippen molar-refractivity contribution in [3.05, 3.63) is 59.5 Å². The van der Waals surface area contributed by atoms with Gasteiger partial charge in [-0.05, 0) is 18.2 Å². The summed E-state index contributed by atoms with van der Waals surface area (Å²) < 4.78 is 5.81. The predicted molar refractivity (Wildman–Crippen MR) is 72.6 cm³/mol. The number of thioether (sulfide) groups is 1. The third kappa shape index (κ3) is 4.33. The number of carbonyl (C=O) groups excluding carboxylic acids is 1. The Morgan fingerprint density at radius 2 is 2.32 bits per heavy atom. The molecule has 0 aliphatic carbocycles. The van der Waals surface area contributed by atoms with Gasteiger partial charge < -0.3 is 14.9 Å². The van der Waals surface area contributed by atoms with Crippen molar-refractivity contribution < 1.29 is 13.9 Å². The van der Waals surface area contributed by atoms with Crippen molar-refractivity contribution in [1.82, 2.24) is 5.32 Å². The zero-order chi connectivity index (χ0) is 13.5. The topological polar surface area (TPSA) is 69.2 Å². The Morgan fingerprint density at radius 1 is 1.42 bits per heavy atom. The molecular formula is C13H14N2O3S. The lowest BCUT2D eigenvalue weighted by Gasteiger charge is -2.04. The van der Waals surface area contributed by atoms with Crippen LogP contribution in [0.4, 0.5) is 0 Å². The van der Waals surface area contributed by atoms with Gasteiger partial charge in [-0.15, -0.1) is 0 Å². The molecule has 6 heteroatoms. The fourth-order valence-corrected chi connectivity index (χ4v) is 2.25. The minimum atomic E-state index is -0.233. The highest BCUT2D eigenvalue weighted by Gasteiger charge is 2.07. The quantitative estimate of drug-likeness (QED) is 0.495. The van der Waals surface area contributed by atoms with Gasteiger partial charge in [-0.1, -0.05) is 0 Å². The van der Waals surface area contributed by atoms with Gasteiger partial charge in [0.25, 0.3) is 5.91 Å². The van der Waals surface area contributed by atoms with Crippen molar-refractivity contribution >= 4 is 17.7 Å². The van der Waals surface area contributed by atoms with E-state index in [9.17, 15) is 10.0 Å². The molecule has 0 bridgehead atoms. The van der Waals surface area contributed by atoms with Gasteiger partial charge in [0.1, 0.15) is 11.3 Å². The maximum absolute atomic E-state index is 11.7. The van der Waals surface area contributed by atoms with Crippen molar-refractivity contribution in [2.75, 3.05) is 12.3 Å². The fraction of sp³-hybridized carbons (Fsp3) is 0.231. The summed E-state index contributed by atoms with van der Waals surface area (Å²) in [5.41, 5.74) is 0.369. The molecule has 0 aliphatic rings. The number of hydrogen-bond donors (Lipinski definition) is 1. The summed E-state index contributed by atoms with van der Waals surface area (Å²) in [6.45, 7) is 0.554. The van der Waals surface area contributed by atoms with Gasteiger partial charge in [-0.3, -0.25) is 4.79 Å². The number of amides is 1. The highest BCUT2D eigenvalue weighted by Crippen LogP contribution is 2.11. The molecule has 0 spiro atoms. The molecule has 19 heavy (non-hydrogen) atoms. The Morgan fingerprint density at radius 3 is 3.05 bits per heavy atom. The molecular weight excluding hydrogens is 264 g/mol. The highest BCUT2D eigenvalue weighted by atomic mass is 32.2. The molecule has 0 radical (unpaired) electrons. The molecule has 100 valence electrons. The minimum absolute atomic E-state index is 0.233. The molecule has 0 aromatic carbocycles. The molecule has 1 N–H and O–H groups in total. The number of nitrogens with zero attached hydrogens (tertiary/aromatic N) is 1. The second kappa shape index (κ2) is 6.84. The summed E-state index contributed by atoms with van der Waals surface area (Å²) in [7, 11) is 0. The fourth-order valence-electron chi connectivity index (χ4n) is 1.50. The standard InChI is InChI=1S/C13H14N2O3S/c16-13(11-3-1-6-15(17)9-11)14-5-8-19-10-12-4-2-7-18-12/h1-4,6-7,9H,5,8,10H2,(H,14,16). The van der Waals surface area contributed by atoms with E-state index in [2.05, 4.69) is 5.32 Å². The third-order valence-electron chi connectivity index (χ3n) is 2.39. The highest BCUT2D eigenvalue weighted by molar-refractivity contribution is 7.98. The number of hydrogen-bond acceptors (Lipinski definition) is 4. The maximum atomic E-state index is 11.7. The second-order valence-electron chi connectivity index (χ2n) is 3.84. The normalized spacial score (nSPS) is 10.3. The number of rotatable bonds is 6. The largest absolute Gasteiger partial charge is 0.619 e. The molecule has 2 rings (SSSR count). The molecule has 2 heterocycles. The van der Waals surface area contributed by atoms with Crippen molar-refractivity contribution in [3.63, 3.8) is 0 Å². The first-order valence-electron chi connectivity index (χ1n) is 5.83. The Bertz CT molecular complexity index is 528. The predicted octanol–water partition coefficient (Wildman–Crippen LogP) is 1.58. The molecule has 5 nitrogen and oxygen atoms in total. The summed E-state index contributed by atoms with van der Waals surface area (Å²) in [5.74, 6) is 2.27. The van der Waals surface area contributed by atoms with Crippen molar-refractivity contribution in [1.29, 1.82) is 0 Å². The Kier molecular flexibility index (Phi) is 4.85. The van der Waals surface area contributed by atoms with E-state index in [1.54, 1.807) is 30.2 Å². The molecule has 0 aliphatic heterocycles. The van der Waals surface area contributed by atoms with Crippen LogP contribution in [0.2, 0.25) is 0 Å². The number of furan rings is 1. The van der Waals surface area contributed by atoms with E-state index in [4.69, 9.17) is 4.42 Å². The molecule has 0 unspecified atom stereocenters. The molecule has 0 saturated heterocycles. The van der Waals surface area contributed by atoms with Crippen LogP contribution >= 0.6 is 11.8 Å². The molecule has 0 fully saturated rings. The summed E-state index contributed by atoms with van der Waals surface area (Å²) in [6, 6.07) is 6.93. The van der Waals surface area contributed by atoms with Gasteiger partial charge in [-0.25, -0.2) is 0 Å². The average Bonchev–Trinajstić information content (AvgIpc) is 2.91. The van der Waals surface area contributed by atoms with Crippen LogP contribution in [-0.2, 0) is 5.75 Å². The first-order valence-corrected chi connectivity index (χ1v) is 6.98. The lowest BCUT2D eigenvalue weighted by molar-refractivity contribution is -0.605. The first-order chi connectivity index (χ1) is 9.25. The van der Waals surface area contributed by atoms with Crippen LogP contribution in [0.3, 0.4) is 0 Å². The SMILES string of the molecule is O=C(NCCSCc1ccco1)c1ccc[n+]([O-])c1. The van der Waals surface area contributed by atoms with E-state index in [1.165, 1.54) is 12.4 Å². The monoisotopic (exact) mass is 278 g/mol. The van der Waals surface area contributed by atoms with Crippen molar-refractivity contribution in [2.24, 2.45) is 0 Å². The minimum Gasteiger partial charge on any atom is -0.619 e. The van der Waals surface area contributed by atoms with Crippen LogP contribution in [0.5, 0.6) is 0 Å². The van der Waals surface area contributed by atoms with E-state index in [-0.39, 0.29) is 5.91 Å². The summed E-state index contributed by atoms with van der Waals surface area (Å²) in [6.07, 6.45) is 4.24. The molecule has 1 amide bonds. The van der Waals surface area contributed by atoms with E-state index in [0.717, 1.165) is 17.3 Å². The van der Waals surface area contributed by atoms with Gasteiger partial charge in [-0.2, -0.15) is 16.5 Å². The maximum Gasteiger partial charge on any atom is 0.257 e. The Balaban J connectivity index is 1.67. The first kappa shape index (κ1) is 13.5. The summed E-state index contributed by atoms with van der Waals surface area (Å²) >= 11 is 1.68. The number of pyridine rings is 1. The van der Waals surface area contributed by atoms with Gasteiger partial charge >= 0.3 is 0 Å². The van der Waals surface area contributed by atoms with Crippen molar-refractivity contribution in [3.8, 4) is 0 Å². The number of aromatic nitrogens is 1. The summed E-state index contributed by atoms with van der Waals surface area (Å²) in [5, 5.41) is 13.8. The zero-order valence-corrected chi connectivity index (χ0v) is 11.1. The van der Waals surface area contributed by atoms with Crippen LogP contribution in [0, 0.1) is 5.21 Å². The van der Waals surface area contributed by atoms with E-state index >= 15 is 0 Å². The second-order valence-corrected chi connectivity index (χ2v) is 4.95. The Hall–Kier alpha value is -1.95. The number of nitrogens with one attached hydrogen (secondary N) is 1. The van der Waals surface area contributed by atoms with Gasteiger partial charge in [0, 0.05) is 18.4 Å². The van der Waals surface area contributed by atoms with Crippen LogP contribution in [-0.4, -0.2) is 18.2 Å². The average molecular weight is 278 g/mol. The number of carbonyl (C=O) groups is 1. The van der Waals surface area contributed by atoms with E-state index in [1.807, 2.05) is 12.1 Å². The molecule has 0 atom stereocenters. The lowest BCUT2D eigenvalue weighted by atomic mass is 10.3. The third-order valence-corrected chi connectivity index (χ3v) is 3.38. The van der Waals surface area contributed by atoms with Crippen molar-refractivity contribution in [2.45, 2.75) is 5.75 Å². The zero-order valence-electron chi connectivity index (χ0n) is 10.2. The summed E-state index contributed by atoms with van der Waals surface area (Å²) in [4.78, 5) is 11.7. The van der Waals surface area contributed by atoms with Crippen LogP contribution in [0.1, 0.15) is 16.1 Å². The molecule has 0 saturated carbocycles. The van der Waals surface area contributed by atoms with E-state index < -0.39 is 0 Å². The van der Waals surface area contributed by atoms with Crippen LogP contribution in [0.15, 0.2) is 47.3 Å². The molecule has 2 aromatic rings. The van der Waals surface area contributed by atoms with E-state index in [0.29, 0.717) is 16.8 Å².